The van der Waals surface area contributed by atoms with Gasteiger partial charge in [-0.3, -0.25) is 4.90 Å². The zero-order valence-electron chi connectivity index (χ0n) is 9.71. The fourth-order valence-corrected chi connectivity index (χ4v) is 3.61. The zero-order chi connectivity index (χ0) is 11.4. The van der Waals surface area contributed by atoms with Crippen LogP contribution in [0.1, 0.15) is 18.2 Å². The largest absolute Gasteiger partial charge is 0.314 e. The van der Waals surface area contributed by atoms with Crippen LogP contribution in [-0.2, 0) is 6.42 Å². The Kier molecular flexibility index (Phi) is 4.82. The molecule has 0 amide bonds. The standard InChI is InChI=1S/C12H19BrN2S/c1-10(15-6-4-14-5-7-15)2-3-12-8-11(13)9-16-12/h8-10,14H,2-7H2,1H3. The summed E-state index contributed by atoms with van der Waals surface area (Å²) in [6.45, 7) is 7.06. The Balaban J connectivity index is 1.76. The number of nitrogens with one attached hydrogen (secondary N) is 1. The molecule has 1 unspecified atom stereocenters. The number of thiophene rings is 1. The SMILES string of the molecule is CC(CCc1cc(Br)cs1)N1CCNCC1. The first kappa shape index (κ1) is 12.6. The summed E-state index contributed by atoms with van der Waals surface area (Å²) in [7, 11) is 0. The summed E-state index contributed by atoms with van der Waals surface area (Å²) in [5.74, 6) is 0. The van der Waals surface area contributed by atoms with Crippen LogP contribution in [0.15, 0.2) is 15.9 Å². The van der Waals surface area contributed by atoms with Crippen molar-refractivity contribution < 1.29 is 0 Å². The molecule has 90 valence electrons. The van der Waals surface area contributed by atoms with E-state index in [2.05, 4.69) is 44.5 Å². The molecule has 1 fully saturated rings. The van der Waals surface area contributed by atoms with Crippen molar-refractivity contribution in [1.82, 2.24) is 10.2 Å². The summed E-state index contributed by atoms with van der Waals surface area (Å²) in [5, 5.41) is 5.57. The smallest absolute Gasteiger partial charge is 0.0285 e. The van der Waals surface area contributed by atoms with Crippen molar-refractivity contribution in [3.8, 4) is 0 Å². The van der Waals surface area contributed by atoms with Gasteiger partial charge in [0.25, 0.3) is 0 Å². The van der Waals surface area contributed by atoms with Gasteiger partial charge < -0.3 is 5.32 Å². The minimum atomic E-state index is 0.711. The molecule has 1 saturated heterocycles. The van der Waals surface area contributed by atoms with Gasteiger partial charge in [0, 0.05) is 47.0 Å². The molecule has 16 heavy (non-hydrogen) atoms. The molecule has 1 atom stereocenters. The molecule has 0 aromatic carbocycles. The van der Waals surface area contributed by atoms with Crippen LogP contribution < -0.4 is 5.32 Å². The Bertz CT molecular complexity index is 321. The second-order valence-corrected chi connectivity index (χ2v) is 6.32. The Morgan fingerprint density at radius 1 is 1.50 bits per heavy atom. The molecule has 2 heterocycles. The lowest BCUT2D eigenvalue weighted by atomic mass is 10.1. The third-order valence-corrected chi connectivity index (χ3v) is 4.96. The maximum atomic E-state index is 3.51. The van der Waals surface area contributed by atoms with Gasteiger partial charge >= 0.3 is 0 Å². The van der Waals surface area contributed by atoms with E-state index in [4.69, 9.17) is 0 Å². The number of halogens is 1. The normalized spacial score (nSPS) is 19.9. The Hall–Kier alpha value is 0.1000. The highest BCUT2D eigenvalue weighted by atomic mass is 79.9. The quantitative estimate of drug-likeness (QED) is 0.920. The fraction of sp³-hybridized carbons (Fsp3) is 0.667. The average Bonchev–Trinajstić information content (AvgIpc) is 2.73. The second kappa shape index (κ2) is 6.15. The van der Waals surface area contributed by atoms with Crippen molar-refractivity contribution in [2.45, 2.75) is 25.8 Å². The molecule has 1 aromatic heterocycles. The number of hydrogen-bond acceptors (Lipinski definition) is 3. The molecule has 0 spiro atoms. The van der Waals surface area contributed by atoms with E-state index in [0.29, 0.717) is 6.04 Å². The predicted octanol–water partition coefficient (Wildman–Crippen LogP) is 2.74. The van der Waals surface area contributed by atoms with Crippen molar-refractivity contribution >= 4 is 27.3 Å². The van der Waals surface area contributed by atoms with Crippen LogP contribution in [0.2, 0.25) is 0 Å². The lowest BCUT2D eigenvalue weighted by molar-refractivity contribution is 0.177. The van der Waals surface area contributed by atoms with Crippen LogP contribution in [0.5, 0.6) is 0 Å². The maximum Gasteiger partial charge on any atom is 0.0285 e. The van der Waals surface area contributed by atoms with Gasteiger partial charge in [-0.15, -0.1) is 11.3 Å². The van der Waals surface area contributed by atoms with E-state index in [0.717, 1.165) is 13.1 Å². The molecule has 0 radical (unpaired) electrons. The van der Waals surface area contributed by atoms with Crippen molar-refractivity contribution in [1.29, 1.82) is 0 Å². The average molecular weight is 303 g/mol. The topological polar surface area (TPSA) is 15.3 Å². The highest BCUT2D eigenvalue weighted by Crippen LogP contribution is 2.22. The van der Waals surface area contributed by atoms with E-state index in [1.165, 1.54) is 35.3 Å². The first-order chi connectivity index (χ1) is 7.75. The molecule has 2 nitrogen and oxygen atoms in total. The number of nitrogens with zero attached hydrogens (tertiary/aromatic N) is 1. The summed E-state index contributed by atoms with van der Waals surface area (Å²) in [6.07, 6.45) is 2.48. The monoisotopic (exact) mass is 302 g/mol. The number of aryl methyl sites for hydroxylation is 1. The first-order valence-electron chi connectivity index (χ1n) is 5.93. The molecule has 0 bridgehead atoms. The highest BCUT2D eigenvalue weighted by Gasteiger charge is 2.16. The molecule has 1 N–H and O–H groups in total. The summed E-state index contributed by atoms with van der Waals surface area (Å²) in [4.78, 5) is 4.09. The van der Waals surface area contributed by atoms with Crippen molar-refractivity contribution in [2.75, 3.05) is 26.2 Å². The summed E-state index contributed by atoms with van der Waals surface area (Å²) >= 11 is 5.37. The Morgan fingerprint density at radius 3 is 2.88 bits per heavy atom. The number of rotatable bonds is 4. The maximum absolute atomic E-state index is 3.51. The van der Waals surface area contributed by atoms with Gasteiger partial charge in [-0.1, -0.05) is 0 Å². The van der Waals surface area contributed by atoms with E-state index >= 15 is 0 Å². The van der Waals surface area contributed by atoms with Gasteiger partial charge in [0.1, 0.15) is 0 Å². The fourth-order valence-electron chi connectivity index (χ4n) is 2.14. The predicted molar refractivity (Wildman–Crippen MR) is 74.2 cm³/mol. The lowest BCUT2D eigenvalue weighted by Gasteiger charge is -2.32. The van der Waals surface area contributed by atoms with Crippen molar-refractivity contribution in [3.05, 3.63) is 20.8 Å². The van der Waals surface area contributed by atoms with Gasteiger partial charge in [0.2, 0.25) is 0 Å². The van der Waals surface area contributed by atoms with E-state index in [1.807, 2.05) is 11.3 Å². The summed E-state index contributed by atoms with van der Waals surface area (Å²) in [5.41, 5.74) is 0. The number of piperazine rings is 1. The lowest BCUT2D eigenvalue weighted by Crippen LogP contribution is -2.47. The molecule has 1 aliphatic heterocycles. The summed E-state index contributed by atoms with van der Waals surface area (Å²) in [6, 6.07) is 2.96. The van der Waals surface area contributed by atoms with Crippen molar-refractivity contribution in [3.63, 3.8) is 0 Å². The molecular weight excluding hydrogens is 284 g/mol. The van der Waals surface area contributed by atoms with E-state index in [-0.39, 0.29) is 0 Å². The molecule has 0 aliphatic carbocycles. The van der Waals surface area contributed by atoms with Crippen LogP contribution in [0.3, 0.4) is 0 Å². The van der Waals surface area contributed by atoms with Gasteiger partial charge in [-0.2, -0.15) is 0 Å². The minimum Gasteiger partial charge on any atom is -0.314 e. The molecule has 4 heteroatoms. The van der Waals surface area contributed by atoms with E-state index in [1.54, 1.807) is 0 Å². The van der Waals surface area contributed by atoms with Crippen LogP contribution in [0.4, 0.5) is 0 Å². The van der Waals surface area contributed by atoms with Crippen LogP contribution in [-0.4, -0.2) is 37.1 Å². The Morgan fingerprint density at radius 2 is 2.25 bits per heavy atom. The van der Waals surface area contributed by atoms with Gasteiger partial charge in [0.15, 0.2) is 0 Å². The molecular formula is C12H19BrN2S. The second-order valence-electron chi connectivity index (χ2n) is 4.40. The van der Waals surface area contributed by atoms with Gasteiger partial charge in [0.05, 0.1) is 0 Å². The van der Waals surface area contributed by atoms with Gasteiger partial charge in [-0.25, -0.2) is 0 Å². The van der Waals surface area contributed by atoms with Gasteiger partial charge in [-0.05, 0) is 41.8 Å². The third-order valence-electron chi connectivity index (χ3n) is 3.21. The molecule has 0 saturated carbocycles. The van der Waals surface area contributed by atoms with Crippen LogP contribution in [0.25, 0.3) is 0 Å². The number of hydrogen-bond donors (Lipinski definition) is 1. The molecule has 2 rings (SSSR count). The molecule has 1 aromatic rings. The minimum absolute atomic E-state index is 0.711. The zero-order valence-corrected chi connectivity index (χ0v) is 12.1. The first-order valence-corrected chi connectivity index (χ1v) is 7.60. The van der Waals surface area contributed by atoms with Crippen molar-refractivity contribution in [2.24, 2.45) is 0 Å². The highest BCUT2D eigenvalue weighted by molar-refractivity contribution is 9.10. The van der Waals surface area contributed by atoms with E-state index in [9.17, 15) is 0 Å². The summed E-state index contributed by atoms with van der Waals surface area (Å²) < 4.78 is 1.22. The Labute approximate surface area is 110 Å². The third kappa shape index (κ3) is 3.55. The van der Waals surface area contributed by atoms with Crippen LogP contribution in [0, 0.1) is 0 Å². The molecule has 1 aliphatic rings. The van der Waals surface area contributed by atoms with Crippen LogP contribution >= 0.6 is 27.3 Å². The van der Waals surface area contributed by atoms with E-state index < -0.39 is 0 Å².